The molecule has 3 aromatic carbocycles. The smallest absolute Gasteiger partial charge is 0.251 e. The molecule has 1 amide bonds. The molecule has 0 saturated heterocycles. The van der Waals surface area contributed by atoms with Crippen LogP contribution >= 0.6 is 27.7 Å². The number of aromatic nitrogens is 3. The van der Waals surface area contributed by atoms with Gasteiger partial charge in [-0.1, -0.05) is 75.7 Å². The summed E-state index contributed by atoms with van der Waals surface area (Å²) in [5.41, 5.74) is 5.25. The van der Waals surface area contributed by atoms with Crippen LogP contribution in [0.1, 0.15) is 45.8 Å². The average molecular weight is 521 g/mol. The Kier molecular flexibility index (Phi) is 7.30. The van der Waals surface area contributed by atoms with Gasteiger partial charge in [-0.15, -0.1) is 10.2 Å². The molecule has 0 radical (unpaired) electrons. The van der Waals surface area contributed by atoms with E-state index >= 15 is 0 Å². The van der Waals surface area contributed by atoms with Crippen LogP contribution in [0.15, 0.2) is 82.4 Å². The topological polar surface area (TPSA) is 59.8 Å². The van der Waals surface area contributed by atoms with E-state index in [9.17, 15) is 4.79 Å². The van der Waals surface area contributed by atoms with E-state index in [1.54, 1.807) is 23.9 Å². The third-order valence-corrected chi connectivity index (χ3v) is 6.86. The van der Waals surface area contributed by atoms with Gasteiger partial charge in [-0.2, -0.15) is 0 Å². The van der Waals surface area contributed by atoms with Crippen molar-refractivity contribution in [1.82, 2.24) is 20.1 Å². The number of halogens is 1. The first-order valence-electron chi connectivity index (χ1n) is 10.7. The van der Waals surface area contributed by atoms with Crippen molar-refractivity contribution in [3.8, 4) is 5.69 Å². The van der Waals surface area contributed by atoms with Gasteiger partial charge in [0.05, 0.1) is 6.04 Å². The molecule has 0 bridgehead atoms. The second-order valence-electron chi connectivity index (χ2n) is 7.93. The highest BCUT2D eigenvalue weighted by Crippen LogP contribution is 2.28. The van der Waals surface area contributed by atoms with Gasteiger partial charge in [0.2, 0.25) is 0 Å². The van der Waals surface area contributed by atoms with E-state index in [1.165, 1.54) is 16.7 Å². The first kappa shape index (κ1) is 23.3. The zero-order valence-corrected chi connectivity index (χ0v) is 21.2. The van der Waals surface area contributed by atoms with Crippen molar-refractivity contribution in [3.05, 3.63) is 105 Å². The van der Waals surface area contributed by atoms with Crippen molar-refractivity contribution in [2.75, 3.05) is 0 Å². The fraction of sp³-hybridized carbons (Fsp3) is 0.192. The van der Waals surface area contributed by atoms with Gasteiger partial charge in [0, 0.05) is 21.5 Å². The summed E-state index contributed by atoms with van der Waals surface area (Å²) in [5.74, 6) is 1.32. The number of rotatable bonds is 7. The third-order valence-electron chi connectivity index (χ3n) is 5.39. The molecule has 1 heterocycles. The molecule has 0 saturated carbocycles. The molecule has 7 heteroatoms. The first-order valence-corrected chi connectivity index (χ1v) is 12.5. The van der Waals surface area contributed by atoms with E-state index in [-0.39, 0.29) is 11.9 Å². The molecule has 4 rings (SSSR count). The highest BCUT2D eigenvalue weighted by Gasteiger charge is 2.22. The van der Waals surface area contributed by atoms with Crippen molar-refractivity contribution in [3.63, 3.8) is 0 Å². The maximum atomic E-state index is 12.8. The summed E-state index contributed by atoms with van der Waals surface area (Å²) in [5, 5.41) is 12.8. The number of hydrogen-bond donors (Lipinski definition) is 1. The second kappa shape index (κ2) is 10.4. The van der Waals surface area contributed by atoms with Crippen molar-refractivity contribution in [2.45, 2.75) is 37.7 Å². The number of aryl methyl sites for hydroxylation is 2. The third kappa shape index (κ3) is 5.54. The van der Waals surface area contributed by atoms with Crippen LogP contribution in [0.4, 0.5) is 0 Å². The SMILES string of the molecule is Cc1ccc(-n2c(SCc3ccccc3C)nnc2C(C)NC(=O)c2cccc(Br)c2)cc1. The quantitative estimate of drug-likeness (QED) is 0.285. The largest absolute Gasteiger partial charge is 0.342 e. The van der Waals surface area contributed by atoms with Gasteiger partial charge < -0.3 is 5.32 Å². The number of carbonyl (C=O) groups excluding carboxylic acids is 1. The van der Waals surface area contributed by atoms with Crippen LogP contribution in [0.3, 0.4) is 0 Å². The second-order valence-corrected chi connectivity index (χ2v) is 9.79. The van der Waals surface area contributed by atoms with Gasteiger partial charge >= 0.3 is 0 Å². The molecule has 5 nitrogen and oxygen atoms in total. The summed E-state index contributed by atoms with van der Waals surface area (Å²) in [4.78, 5) is 12.8. The van der Waals surface area contributed by atoms with Crippen molar-refractivity contribution in [2.24, 2.45) is 0 Å². The molecule has 1 atom stereocenters. The molecule has 1 N–H and O–H groups in total. The molecule has 0 aliphatic heterocycles. The summed E-state index contributed by atoms with van der Waals surface area (Å²) in [6.07, 6.45) is 0. The molecule has 1 unspecified atom stereocenters. The maximum absolute atomic E-state index is 12.8. The number of amides is 1. The van der Waals surface area contributed by atoms with Gasteiger partial charge in [0.15, 0.2) is 11.0 Å². The lowest BCUT2D eigenvalue weighted by Gasteiger charge is -2.17. The van der Waals surface area contributed by atoms with E-state index in [4.69, 9.17) is 0 Å². The molecule has 0 aliphatic carbocycles. The summed E-state index contributed by atoms with van der Waals surface area (Å²) in [6, 6.07) is 23.6. The minimum absolute atomic E-state index is 0.156. The van der Waals surface area contributed by atoms with Crippen molar-refractivity contribution >= 4 is 33.6 Å². The predicted molar refractivity (Wildman–Crippen MR) is 137 cm³/mol. The lowest BCUT2D eigenvalue weighted by molar-refractivity contribution is 0.0938. The highest BCUT2D eigenvalue weighted by molar-refractivity contribution is 9.10. The summed E-state index contributed by atoms with van der Waals surface area (Å²) in [7, 11) is 0. The molecule has 33 heavy (non-hydrogen) atoms. The number of nitrogens with zero attached hydrogens (tertiary/aromatic N) is 3. The van der Waals surface area contributed by atoms with Gasteiger partial charge in [-0.3, -0.25) is 9.36 Å². The molecule has 1 aromatic heterocycles. The van der Waals surface area contributed by atoms with E-state index < -0.39 is 0 Å². The fourth-order valence-electron chi connectivity index (χ4n) is 3.48. The van der Waals surface area contributed by atoms with Crippen LogP contribution in [0.5, 0.6) is 0 Å². The van der Waals surface area contributed by atoms with Crippen LogP contribution < -0.4 is 5.32 Å². The maximum Gasteiger partial charge on any atom is 0.251 e. The lowest BCUT2D eigenvalue weighted by Crippen LogP contribution is -2.28. The Morgan fingerprint density at radius 3 is 2.52 bits per heavy atom. The Hall–Kier alpha value is -2.90. The number of hydrogen-bond acceptors (Lipinski definition) is 4. The van der Waals surface area contributed by atoms with Crippen LogP contribution in [0.2, 0.25) is 0 Å². The molecular formula is C26H25BrN4OS. The van der Waals surface area contributed by atoms with Gasteiger partial charge in [-0.25, -0.2) is 0 Å². The Morgan fingerprint density at radius 2 is 1.79 bits per heavy atom. The molecule has 4 aromatic rings. The Labute approximate surface area is 206 Å². The molecular weight excluding hydrogens is 496 g/mol. The summed E-state index contributed by atoms with van der Waals surface area (Å²) in [6.45, 7) is 6.11. The first-order chi connectivity index (χ1) is 15.9. The highest BCUT2D eigenvalue weighted by atomic mass is 79.9. The standard InChI is InChI=1S/C26H25BrN4OS/c1-17-11-13-23(14-12-17)31-24(19(3)28-25(32)20-9-6-10-22(27)15-20)29-30-26(31)33-16-21-8-5-4-7-18(21)2/h4-15,19H,16H2,1-3H3,(H,28,32). The minimum Gasteiger partial charge on any atom is -0.342 e. The predicted octanol–water partition coefficient (Wildman–Crippen LogP) is 6.43. The Morgan fingerprint density at radius 1 is 1.03 bits per heavy atom. The number of benzene rings is 3. The van der Waals surface area contributed by atoms with Crippen LogP contribution in [-0.4, -0.2) is 20.7 Å². The number of thioether (sulfide) groups is 1. The van der Waals surface area contributed by atoms with Crippen LogP contribution in [0, 0.1) is 13.8 Å². The normalized spacial score (nSPS) is 11.9. The Balaban J connectivity index is 1.63. The number of nitrogens with one attached hydrogen (secondary N) is 1. The van der Waals surface area contributed by atoms with Crippen LogP contribution in [-0.2, 0) is 5.75 Å². The zero-order valence-electron chi connectivity index (χ0n) is 18.7. The summed E-state index contributed by atoms with van der Waals surface area (Å²) < 4.78 is 2.90. The van der Waals surface area contributed by atoms with E-state index in [0.717, 1.165) is 21.1 Å². The summed E-state index contributed by atoms with van der Waals surface area (Å²) >= 11 is 5.06. The number of carbonyl (C=O) groups is 1. The molecule has 0 aliphatic rings. The fourth-order valence-corrected chi connectivity index (χ4v) is 4.91. The van der Waals surface area contributed by atoms with Crippen LogP contribution in [0.25, 0.3) is 5.69 Å². The lowest BCUT2D eigenvalue weighted by atomic mass is 10.1. The van der Waals surface area contributed by atoms with E-state index in [1.807, 2.05) is 29.7 Å². The molecule has 168 valence electrons. The van der Waals surface area contributed by atoms with Crippen molar-refractivity contribution < 1.29 is 4.79 Å². The molecule has 0 spiro atoms. The van der Waals surface area contributed by atoms with Crippen molar-refractivity contribution in [1.29, 1.82) is 0 Å². The monoisotopic (exact) mass is 520 g/mol. The Bertz CT molecular complexity index is 1270. The van der Waals surface area contributed by atoms with Gasteiger partial charge in [0.25, 0.3) is 5.91 Å². The molecule has 0 fully saturated rings. The average Bonchev–Trinajstić information content (AvgIpc) is 3.23. The zero-order chi connectivity index (χ0) is 23.4. The van der Waals surface area contributed by atoms with E-state index in [2.05, 4.69) is 87.8 Å². The van der Waals surface area contributed by atoms with Gasteiger partial charge in [0.1, 0.15) is 0 Å². The van der Waals surface area contributed by atoms with E-state index in [0.29, 0.717) is 11.4 Å². The minimum atomic E-state index is -0.335. The van der Waals surface area contributed by atoms with Gasteiger partial charge in [-0.05, 0) is 62.2 Å².